The van der Waals surface area contributed by atoms with Crippen molar-refractivity contribution in [3.63, 3.8) is 0 Å². The summed E-state index contributed by atoms with van der Waals surface area (Å²) in [6.45, 7) is 1.76. The molecule has 1 aliphatic rings. The van der Waals surface area contributed by atoms with Crippen molar-refractivity contribution in [3.05, 3.63) is 29.7 Å². The standard InChI is InChI=1S/C8H8N2O2S/c1-6-4-8-7(5-9-6)2-3-10-13(8,11)12/h2-5,10H,1H3. The molecule has 2 heterocycles. The normalized spacial score (nSPS) is 17.6. The van der Waals surface area contributed by atoms with Gasteiger partial charge in [-0.05, 0) is 19.1 Å². The summed E-state index contributed by atoms with van der Waals surface area (Å²) in [6.07, 6.45) is 4.64. The van der Waals surface area contributed by atoms with Gasteiger partial charge in [-0.25, -0.2) is 8.42 Å². The third kappa shape index (κ3) is 1.31. The summed E-state index contributed by atoms with van der Waals surface area (Å²) in [7, 11) is -3.34. The minimum atomic E-state index is -3.34. The average Bonchev–Trinajstić information content (AvgIpc) is 2.06. The van der Waals surface area contributed by atoms with Crippen LogP contribution < -0.4 is 4.72 Å². The summed E-state index contributed by atoms with van der Waals surface area (Å²) in [5.74, 6) is 0. The molecule has 1 aromatic rings. The first-order chi connectivity index (χ1) is 6.09. The second kappa shape index (κ2) is 2.56. The van der Waals surface area contributed by atoms with E-state index in [0.29, 0.717) is 16.2 Å². The molecule has 2 rings (SSSR count). The lowest BCUT2D eigenvalue weighted by molar-refractivity contribution is 0.589. The molecule has 68 valence electrons. The Bertz CT molecular complexity index is 477. The summed E-state index contributed by atoms with van der Waals surface area (Å²) in [5, 5.41) is 0. The van der Waals surface area contributed by atoms with Gasteiger partial charge in [0, 0.05) is 23.7 Å². The molecule has 0 fully saturated rings. The Labute approximate surface area is 76.4 Å². The van der Waals surface area contributed by atoms with Crippen LogP contribution in [0.5, 0.6) is 0 Å². The van der Waals surface area contributed by atoms with Crippen LogP contribution >= 0.6 is 0 Å². The highest BCUT2D eigenvalue weighted by atomic mass is 32.2. The lowest BCUT2D eigenvalue weighted by Gasteiger charge is -2.12. The van der Waals surface area contributed by atoms with Crippen LogP contribution in [0.15, 0.2) is 23.4 Å². The monoisotopic (exact) mass is 196 g/mol. The fourth-order valence-electron chi connectivity index (χ4n) is 1.18. The molecular formula is C8H8N2O2S. The maximum absolute atomic E-state index is 11.4. The molecule has 0 saturated carbocycles. The van der Waals surface area contributed by atoms with Gasteiger partial charge in [-0.15, -0.1) is 0 Å². The Balaban J connectivity index is 2.77. The fourth-order valence-corrected chi connectivity index (χ4v) is 2.31. The van der Waals surface area contributed by atoms with Crippen LogP contribution in [0.1, 0.15) is 11.3 Å². The highest BCUT2D eigenvalue weighted by molar-refractivity contribution is 7.89. The first-order valence-corrected chi connectivity index (χ1v) is 5.23. The summed E-state index contributed by atoms with van der Waals surface area (Å²) in [6, 6.07) is 1.56. The molecule has 0 spiro atoms. The van der Waals surface area contributed by atoms with Crippen LogP contribution in [0.25, 0.3) is 6.08 Å². The second-order valence-corrected chi connectivity index (χ2v) is 4.50. The first kappa shape index (κ1) is 8.25. The molecule has 4 nitrogen and oxygen atoms in total. The third-order valence-electron chi connectivity index (χ3n) is 1.81. The molecule has 0 aliphatic carbocycles. The highest BCUT2D eigenvalue weighted by Crippen LogP contribution is 2.20. The minimum Gasteiger partial charge on any atom is -0.286 e. The smallest absolute Gasteiger partial charge is 0.262 e. The fraction of sp³-hybridized carbons (Fsp3) is 0.125. The van der Waals surface area contributed by atoms with Crippen molar-refractivity contribution in [1.82, 2.24) is 9.71 Å². The van der Waals surface area contributed by atoms with Gasteiger partial charge in [-0.3, -0.25) is 9.71 Å². The van der Waals surface area contributed by atoms with Crippen molar-refractivity contribution in [2.45, 2.75) is 11.8 Å². The minimum absolute atomic E-state index is 0.294. The van der Waals surface area contributed by atoms with Crippen molar-refractivity contribution in [1.29, 1.82) is 0 Å². The number of aromatic nitrogens is 1. The van der Waals surface area contributed by atoms with E-state index in [1.165, 1.54) is 6.20 Å². The van der Waals surface area contributed by atoms with E-state index in [1.807, 2.05) is 0 Å². The van der Waals surface area contributed by atoms with Gasteiger partial charge < -0.3 is 0 Å². The van der Waals surface area contributed by atoms with Crippen molar-refractivity contribution < 1.29 is 8.42 Å². The number of fused-ring (bicyclic) bond motifs is 1. The zero-order valence-corrected chi connectivity index (χ0v) is 7.80. The Morgan fingerprint density at radius 1 is 1.46 bits per heavy atom. The van der Waals surface area contributed by atoms with Crippen LogP contribution in [0.2, 0.25) is 0 Å². The van der Waals surface area contributed by atoms with E-state index < -0.39 is 10.0 Å². The molecule has 1 aliphatic heterocycles. The van der Waals surface area contributed by atoms with E-state index in [9.17, 15) is 8.42 Å². The van der Waals surface area contributed by atoms with E-state index in [1.54, 1.807) is 25.3 Å². The molecule has 0 radical (unpaired) electrons. The first-order valence-electron chi connectivity index (χ1n) is 3.75. The van der Waals surface area contributed by atoms with Gasteiger partial charge in [0.15, 0.2) is 0 Å². The van der Waals surface area contributed by atoms with Crippen LogP contribution in [-0.2, 0) is 10.0 Å². The molecule has 0 atom stereocenters. The molecule has 1 aromatic heterocycles. The number of nitrogens with one attached hydrogen (secondary N) is 1. The number of nitrogens with zero attached hydrogens (tertiary/aromatic N) is 1. The van der Waals surface area contributed by atoms with Gasteiger partial charge in [-0.1, -0.05) is 0 Å². The molecule has 0 saturated heterocycles. The van der Waals surface area contributed by atoms with Crippen LogP contribution in [0, 0.1) is 6.92 Å². The zero-order valence-electron chi connectivity index (χ0n) is 6.98. The third-order valence-corrected chi connectivity index (χ3v) is 3.19. The molecule has 0 unspecified atom stereocenters. The van der Waals surface area contributed by atoms with Crippen molar-refractivity contribution in [3.8, 4) is 0 Å². The van der Waals surface area contributed by atoms with Gasteiger partial charge in [-0.2, -0.15) is 0 Å². The second-order valence-electron chi connectivity index (χ2n) is 2.82. The number of pyridine rings is 1. The Morgan fingerprint density at radius 2 is 2.23 bits per heavy atom. The van der Waals surface area contributed by atoms with Gasteiger partial charge >= 0.3 is 0 Å². The quantitative estimate of drug-likeness (QED) is 0.663. The Hall–Kier alpha value is -1.36. The average molecular weight is 196 g/mol. The molecule has 0 aromatic carbocycles. The molecular weight excluding hydrogens is 188 g/mol. The van der Waals surface area contributed by atoms with Crippen LogP contribution in [0.4, 0.5) is 0 Å². The van der Waals surface area contributed by atoms with E-state index in [-0.39, 0.29) is 0 Å². The van der Waals surface area contributed by atoms with Crippen molar-refractivity contribution >= 4 is 16.1 Å². The Morgan fingerprint density at radius 3 is 3.00 bits per heavy atom. The van der Waals surface area contributed by atoms with E-state index in [4.69, 9.17) is 0 Å². The summed E-state index contributed by atoms with van der Waals surface area (Å²) >= 11 is 0. The predicted molar refractivity (Wildman–Crippen MR) is 48.3 cm³/mol. The lowest BCUT2D eigenvalue weighted by atomic mass is 10.2. The van der Waals surface area contributed by atoms with Crippen molar-refractivity contribution in [2.75, 3.05) is 0 Å². The topological polar surface area (TPSA) is 59.1 Å². The van der Waals surface area contributed by atoms with Gasteiger partial charge in [0.25, 0.3) is 10.0 Å². The molecule has 1 N–H and O–H groups in total. The zero-order chi connectivity index (χ0) is 9.47. The number of sulfonamides is 1. The van der Waals surface area contributed by atoms with Crippen LogP contribution in [0.3, 0.4) is 0 Å². The van der Waals surface area contributed by atoms with Gasteiger partial charge in [0.2, 0.25) is 0 Å². The van der Waals surface area contributed by atoms with E-state index in [2.05, 4.69) is 9.71 Å². The molecule has 0 amide bonds. The summed E-state index contributed by atoms with van der Waals surface area (Å²) in [4.78, 5) is 4.31. The summed E-state index contributed by atoms with van der Waals surface area (Å²) < 4.78 is 25.2. The maximum atomic E-state index is 11.4. The number of aryl methyl sites for hydroxylation is 1. The molecule has 5 heteroatoms. The predicted octanol–water partition coefficient (Wildman–Crippen LogP) is 0.653. The van der Waals surface area contributed by atoms with Gasteiger partial charge in [0.1, 0.15) is 0 Å². The van der Waals surface area contributed by atoms with Crippen molar-refractivity contribution in [2.24, 2.45) is 0 Å². The molecule has 0 bridgehead atoms. The van der Waals surface area contributed by atoms with Gasteiger partial charge in [0.05, 0.1) is 4.90 Å². The lowest BCUT2D eigenvalue weighted by Crippen LogP contribution is -2.21. The largest absolute Gasteiger partial charge is 0.286 e. The number of hydrogen-bond acceptors (Lipinski definition) is 3. The highest BCUT2D eigenvalue weighted by Gasteiger charge is 2.19. The number of rotatable bonds is 0. The Kier molecular flexibility index (Phi) is 1.63. The van der Waals surface area contributed by atoms with E-state index >= 15 is 0 Å². The summed E-state index contributed by atoms with van der Waals surface area (Å²) in [5.41, 5.74) is 1.32. The maximum Gasteiger partial charge on any atom is 0.262 e. The van der Waals surface area contributed by atoms with Crippen LogP contribution in [-0.4, -0.2) is 13.4 Å². The van der Waals surface area contributed by atoms with E-state index in [0.717, 1.165) is 0 Å². The molecule has 13 heavy (non-hydrogen) atoms. The SMILES string of the molecule is Cc1cc2c(cn1)C=CNS2(=O)=O. The number of hydrogen-bond donors (Lipinski definition) is 1.